The molecule has 0 spiro atoms. The van der Waals surface area contributed by atoms with Gasteiger partial charge in [0.2, 0.25) is 0 Å². The summed E-state index contributed by atoms with van der Waals surface area (Å²) < 4.78 is 5.38. The van der Waals surface area contributed by atoms with E-state index in [0.717, 1.165) is 27.8 Å². The SMILES string of the molecule is COc1ccc(/N=N/c2ccccc2CO)c2ccccc12. The van der Waals surface area contributed by atoms with Crippen LogP contribution in [0.15, 0.2) is 70.9 Å². The molecule has 0 bridgehead atoms. The average molecular weight is 292 g/mol. The number of nitrogens with zero attached hydrogens (tertiary/aromatic N) is 2. The normalized spacial score (nSPS) is 11.2. The largest absolute Gasteiger partial charge is 0.496 e. The molecule has 0 amide bonds. The fraction of sp³-hybridized carbons (Fsp3) is 0.111. The van der Waals surface area contributed by atoms with Gasteiger partial charge in [-0.15, -0.1) is 5.11 Å². The first kappa shape index (κ1) is 14.2. The summed E-state index contributed by atoms with van der Waals surface area (Å²) in [5.74, 6) is 0.810. The van der Waals surface area contributed by atoms with Crippen molar-refractivity contribution in [1.82, 2.24) is 0 Å². The van der Waals surface area contributed by atoms with Gasteiger partial charge in [-0.3, -0.25) is 0 Å². The third-order valence-corrected chi connectivity index (χ3v) is 3.51. The minimum Gasteiger partial charge on any atom is -0.496 e. The summed E-state index contributed by atoms with van der Waals surface area (Å²) in [4.78, 5) is 0. The molecule has 3 rings (SSSR count). The number of aliphatic hydroxyl groups is 1. The molecule has 22 heavy (non-hydrogen) atoms. The molecule has 0 aliphatic heterocycles. The van der Waals surface area contributed by atoms with E-state index < -0.39 is 0 Å². The van der Waals surface area contributed by atoms with Crippen LogP contribution in [-0.4, -0.2) is 12.2 Å². The summed E-state index contributed by atoms with van der Waals surface area (Å²) in [7, 11) is 1.65. The molecule has 1 N–H and O–H groups in total. The molecule has 0 heterocycles. The molecule has 0 aliphatic rings. The molecule has 4 nitrogen and oxygen atoms in total. The van der Waals surface area contributed by atoms with Gasteiger partial charge in [-0.25, -0.2) is 0 Å². The van der Waals surface area contributed by atoms with E-state index >= 15 is 0 Å². The van der Waals surface area contributed by atoms with E-state index in [-0.39, 0.29) is 6.61 Å². The van der Waals surface area contributed by atoms with Crippen molar-refractivity contribution in [2.24, 2.45) is 10.2 Å². The summed E-state index contributed by atoms with van der Waals surface area (Å²) in [6.07, 6.45) is 0. The highest BCUT2D eigenvalue weighted by molar-refractivity contribution is 5.96. The molecular formula is C18H16N2O2. The lowest BCUT2D eigenvalue weighted by atomic mass is 10.1. The van der Waals surface area contributed by atoms with Crippen LogP contribution in [0.3, 0.4) is 0 Å². The summed E-state index contributed by atoms with van der Waals surface area (Å²) in [6, 6.07) is 19.1. The number of aliphatic hydroxyl groups excluding tert-OH is 1. The third kappa shape index (κ3) is 2.69. The second kappa shape index (κ2) is 6.37. The zero-order valence-corrected chi connectivity index (χ0v) is 12.2. The van der Waals surface area contributed by atoms with Crippen molar-refractivity contribution in [3.05, 3.63) is 66.2 Å². The summed E-state index contributed by atoms with van der Waals surface area (Å²) in [6.45, 7) is -0.0570. The molecule has 0 aromatic heterocycles. The Balaban J connectivity index is 2.06. The molecule has 0 saturated carbocycles. The Morgan fingerprint density at radius 3 is 2.27 bits per heavy atom. The number of hydrogen-bond donors (Lipinski definition) is 1. The van der Waals surface area contributed by atoms with Crippen molar-refractivity contribution in [2.75, 3.05) is 7.11 Å². The first-order valence-electron chi connectivity index (χ1n) is 6.99. The van der Waals surface area contributed by atoms with Gasteiger partial charge < -0.3 is 9.84 Å². The topological polar surface area (TPSA) is 54.2 Å². The minimum atomic E-state index is -0.0570. The average Bonchev–Trinajstić information content (AvgIpc) is 2.59. The Labute approximate surface area is 128 Å². The van der Waals surface area contributed by atoms with Crippen molar-refractivity contribution in [3.63, 3.8) is 0 Å². The van der Waals surface area contributed by atoms with Gasteiger partial charge in [-0.05, 0) is 18.2 Å². The quantitative estimate of drug-likeness (QED) is 0.705. The second-order valence-electron chi connectivity index (χ2n) is 4.82. The number of ether oxygens (including phenoxy) is 1. The number of hydrogen-bond acceptors (Lipinski definition) is 4. The van der Waals surface area contributed by atoms with Gasteiger partial charge in [-0.1, -0.05) is 42.5 Å². The maximum atomic E-state index is 9.34. The molecule has 0 radical (unpaired) electrons. The van der Waals surface area contributed by atoms with E-state index in [0.29, 0.717) is 5.69 Å². The highest BCUT2D eigenvalue weighted by Gasteiger charge is 2.05. The number of fused-ring (bicyclic) bond motifs is 1. The van der Waals surface area contributed by atoms with Crippen molar-refractivity contribution < 1.29 is 9.84 Å². The maximum Gasteiger partial charge on any atom is 0.126 e. The van der Waals surface area contributed by atoms with Crippen LogP contribution in [-0.2, 0) is 6.61 Å². The van der Waals surface area contributed by atoms with Gasteiger partial charge in [-0.2, -0.15) is 5.11 Å². The van der Waals surface area contributed by atoms with Gasteiger partial charge in [0.1, 0.15) is 5.75 Å². The first-order valence-corrected chi connectivity index (χ1v) is 6.99. The van der Waals surface area contributed by atoms with Crippen LogP contribution in [0.2, 0.25) is 0 Å². The molecule has 0 atom stereocenters. The van der Waals surface area contributed by atoms with Crippen molar-refractivity contribution in [1.29, 1.82) is 0 Å². The lowest BCUT2D eigenvalue weighted by Gasteiger charge is -2.07. The Bertz CT molecular complexity index is 828. The van der Waals surface area contributed by atoms with Crippen molar-refractivity contribution >= 4 is 22.1 Å². The molecule has 4 heteroatoms. The molecule has 0 fully saturated rings. The standard InChI is InChI=1S/C18H16N2O2/c1-22-18-11-10-17(14-7-3-4-8-15(14)18)20-19-16-9-5-2-6-13(16)12-21/h2-11,21H,12H2,1H3/b20-19+. The van der Waals surface area contributed by atoms with Gasteiger partial charge >= 0.3 is 0 Å². The second-order valence-corrected chi connectivity index (χ2v) is 4.82. The summed E-state index contributed by atoms with van der Waals surface area (Å²) >= 11 is 0. The fourth-order valence-corrected chi connectivity index (χ4v) is 2.37. The predicted octanol–water partition coefficient (Wildman–Crippen LogP) is 4.76. The van der Waals surface area contributed by atoms with Crippen molar-refractivity contribution in [3.8, 4) is 5.75 Å². The lowest BCUT2D eigenvalue weighted by Crippen LogP contribution is -1.85. The molecule has 3 aromatic rings. The predicted molar refractivity (Wildman–Crippen MR) is 87.0 cm³/mol. The van der Waals surface area contributed by atoms with E-state index in [1.165, 1.54) is 0 Å². The van der Waals surface area contributed by atoms with Crippen molar-refractivity contribution in [2.45, 2.75) is 6.61 Å². The van der Waals surface area contributed by atoms with Crippen LogP contribution >= 0.6 is 0 Å². The highest BCUT2D eigenvalue weighted by Crippen LogP contribution is 2.34. The Morgan fingerprint density at radius 2 is 1.50 bits per heavy atom. The van der Waals surface area contributed by atoms with Crippen LogP contribution in [0.5, 0.6) is 5.75 Å². The molecule has 0 unspecified atom stereocenters. The fourth-order valence-electron chi connectivity index (χ4n) is 2.37. The monoisotopic (exact) mass is 292 g/mol. The zero-order valence-electron chi connectivity index (χ0n) is 12.2. The van der Waals surface area contributed by atoms with E-state index in [4.69, 9.17) is 4.74 Å². The van der Waals surface area contributed by atoms with E-state index in [2.05, 4.69) is 10.2 Å². The van der Waals surface area contributed by atoms with Crippen LogP contribution in [0.4, 0.5) is 11.4 Å². The first-order chi connectivity index (χ1) is 10.8. The summed E-state index contributed by atoms with van der Waals surface area (Å²) in [5.41, 5.74) is 2.19. The van der Waals surface area contributed by atoms with Gasteiger partial charge in [0, 0.05) is 16.3 Å². The Hall–Kier alpha value is -2.72. The Kier molecular flexibility index (Phi) is 4.12. The van der Waals surface area contributed by atoms with Gasteiger partial charge in [0.05, 0.1) is 25.1 Å². The van der Waals surface area contributed by atoms with Crippen LogP contribution in [0.25, 0.3) is 10.8 Å². The lowest BCUT2D eigenvalue weighted by molar-refractivity contribution is 0.282. The van der Waals surface area contributed by atoms with E-state index in [1.54, 1.807) is 7.11 Å². The molecule has 110 valence electrons. The number of azo groups is 1. The molecule has 0 aliphatic carbocycles. The highest BCUT2D eigenvalue weighted by atomic mass is 16.5. The van der Waals surface area contributed by atoms with Gasteiger partial charge in [0.25, 0.3) is 0 Å². The number of methoxy groups -OCH3 is 1. The van der Waals surface area contributed by atoms with Crippen LogP contribution in [0, 0.1) is 0 Å². The minimum absolute atomic E-state index is 0.0570. The smallest absolute Gasteiger partial charge is 0.126 e. The van der Waals surface area contributed by atoms with E-state index in [9.17, 15) is 5.11 Å². The number of rotatable bonds is 4. The van der Waals surface area contributed by atoms with Crippen LogP contribution in [0.1, 0.15) is 5.56 Å². The maximum absolute atomic E-state index is 9.34. The van der Waals surface area contributed by atoms with E-state index in [1.807, 2.05) is 60.7 Å². The zero-order chi connectivity index (χ0) is 15.4. The van der Waals surface area contributed by atoms with Gasteiger partial charge in [0.15, 0.2) is 0 Å². The Morgan fingerprint density at radius 1 is 0.818 bits per heavy atom. The summed E-state index contributed by atoms with van der Waals surface area (Å²) in [5, 5.41) is 19.9. The number of benzene rings is 3. The molecule has 0 saturated heterocycles. The molecular weight excluding hydrogens is 276 g/mol. The molecule has 3 aromatic carbocycles. The third-order valence-electron chi connectivity index (χ3n) is 3.51. The van der Waals surface area contributed by atoms with Crippen LogP contribution < -0.4 is 4.74 Å².